The Balaban J connectivity index is 1.69. The molecule has 4 rings (SSSR count). The van der Waals surface area contributed by atoms with Gasteiger partial charge >= 0.3 is 5.97 Å². The lowest BCUT2D eigenvalue weighted by molar-refractivity contribution is 0.0733. The van der Waals surface area contributed by atoms with Gasteiger partial charge in [-0.1, -0.05) is 23.7 Å². The van der Waals surface area contributed by atoms with E-state index in [1.807, 2.05) is 0 Å². The molecule has 2 aromatic rings. The van der Waals surface area contributed by atoms with Gasteiger partial charge in [-0.2, -0.15) is 0 Å². The number of amides is 1. The third kappa shape index (κ3) is 2.60. The number of halogens is 1. The van der Waals surface area contributed by atoms with Crippen LogP contribution in [0.5, 0.6) is 5.75 Å². The number of para-hydroxylation sites is 1. The third-order valence-electron chi connectivity index (χ3n) is 4.10. The molecule has 2 aromatic carbocycles. The molecule has 128 valence electrons. The van der Waals surface area contributed by atoms with Crippen LogP contribution in [0, 0.1) is 0 Å². The van der Waals surface area contributed by atoms with Gasteiger partial charge in [0, 0.05) is 6.04 Å². The topological polar surface area (TPSA) is 80.8 Å². The number of sulfonamides is 1. The van der Waals surface area contributed by atoms with Crippen LogP contribution in [0.3, 0.4) is 0 Å². The molecule has 0 bridgehead atoms. The van der Waals surface area contributed by atoms with E-state index in [1.165, 1.54) is 24.3 Å². The minimum atomic E-state index is -3.92. The summed E-state index contributed by atoms with van der Waals surface area (Å²) >= 11 is 5.95. The van der Waals surface area contributed by atoms with Gasteiger partial charge < -0.3 is 4.74 Å². The Bertz CT molecular complexity index is 1010. The minimum absolute atomic E-state index is 0.0349. The van der Waals surface area contributed by atoms with Crippen molar-refractivity contribution in [1.82, 2.24) is 4.31 Å². The van der Waals surface area contributed by atoms with E-state index in [-0.39, 0.29) is 32.8 Å². The molecule has 0 atom stereocenters. The summed E-state index contributed by atoms with van der Waals surface area (Å²) in [7, 11) is -3.92. The fraction of sp³-hybridized carbons (Fsp3) is 0.176. The molecule has 0 unspecified atom stereocenters. The van der Waals surface area contributed by atoms with Crippen molar-refractivity contribution in [2.24, 2.45) is 0 Å². The maximum absolute atomic E-state index is 12.6. The number of hydrogen-bond donors (Lipinski definition) is 0. The number of benzene rings is 2. The maximum Gasteiger partial charge on any atom is 0.343 e. The summed E-state index contributed by atoms with van der Waals surface area (Å²) in [6.45, 7) is 0. The lowest BCUT2D eigenvalue weighted by Gasteiger charge is -2.13. The van der Waals surface area contributed by atoms with E-state index in [4.69, 9.17) is 16.3 Å². The first-order valence-corrected chi connectivity index (χ1v) is 9.41. The molecule has 0 radical (unpaired) electrons. The molecular weight excluding hydrogens is 366 g/mol. The summed E-state index contributed by atoms with van der Waals surface area (Å²) < 4.78 is 31.3. The quantitative estimate of drug-likeness (QED) is 0.607. The number of carbonyl (C=O) groups is 2. The van der Waals surface area contributed by atoms with E-state index in [9.17, 15) is 18.0 Å². The molecule has 1 fully saturated rings. The van der Waals surface area contributed by atoms with Gasteiger partial charge in [0.25, 0.3) is 15.9 Å². The first-order chi connectivity index (χ1) is 11.9. The van der Waals surface area contributed by atoms with Crippen molar-refractivity contribution in [3.05, 3.63) is 58.6 Å². The summed E-state index contributed by atoms with van der Waals surface area (Å²) in [5.74, 6) is -1.11. The van der Waals surface area contributed by atoms with Crippen LogP contribution in [-0.4, -0.2) is 30.6 Å². The minimum Gasteiger partial charge on any atom is -0.421 e. The third-order valence-corrected chi connectivity index (χ3v) is 6.29. The molecule has 25 heavy (non-hydrogen) atoms. The summed E-state index contributed by atoms with van der Waals surface area (Å²) in [5, 5.41) is 0.264. The molecule has 1 saturated carbocycles. The van der Waals surface area contributed by atoms with Crippen LogP contribution < -0.4 is 4.74 Å². The zero-order valence-electron chi connectivity index (χ0n) is 12.8. The van der Waals surface area contributed by atoms with Gasteiger partial charge in [-0.15, -0.1) is 0 Å². The standard InChI is InChI=1S/C17H12ClNO5S/c18-13-3-1-2-4-14(13)24-17(21)10-5-8-12-15(9-10)25(22,23)19(16(12)20)11-6-7-11/h1-5,8-9,11H,6-7H2. The van der Waals surface area contributed by atoms with Gasteiger partial charge in [-0.3, -0.25) is 4.79 Å². The largest absolute Gasteiger partial charge is 0.421 e. The average molecular weight is 378 g/mol. The highest BCUT2D eigenvalue weighted by molar-refractivity contribution is 7.90. The van der Waals surface area contributed by atoms with Gasteiger partial charge in [0.1, 0.15) is 10.6 Å². The number of esters is 1. The Morgan fingerprint density at radius 1 is 1.16 bits per heavy atom. The van der Waals surface area contributed by atoms with Crippen molar-refractivity contribution in [3.8, 4) is 5.75 Å². The van der Waals surface area contributed by atoms with E-state index in [1.54, 1.807) is 18.2 Å². The summed E-state index contributed by atoms with van der Waals surface area (Å²) in [4.78, 5) is 24.5. The molecule has 1 aliphatic heterocycles. The highest BCUT2D eigenvalue weighted by atomic mass is 35.5. The van der Waals surface area contributed by atoms with Crippen molar-refractivity contribution in [1.29, 1.82) is 0 Å². The second kappa shape index (κ2) is 5.57. The second-order valence-corrected chi connectivity index (χ2v) is 8.06. The normalized spacial score (nSPS) is 18.1. The van der Waals surface area contributed by atoms with Crippen LogP contribution in [0.4, 0.5) is 0 Å². The molecule has 8 heteroatoms. The number of rotatable bonds is 3. The van der Waals surface area contributed by atoms with Crippen LogP contribution in [0.2, 0.25) is 5.02 Å². The molecule has 1 heterocycles. The first kappa shape index (κ1) is 16.1. The smallest absolute Gasteiger partial charge is 0.343 e. The molecule has 0 spiro atoms. The lowest BCUT2D eigenvalue weighted by Crippen LogP contribution is -2.31. The zero-order chi connectivity index (χ0) is 17.8. The number of hydrogen-bond acceptors (Lipinski definition) is 5. The number of carbonyl (C=O) groups excluding carboxylic acids is 2. The fourth-order valence-corrected chi connectivity index (χ4v) is 4.75. The van der Waals surface area contributed by atoms with E-state index >= 15 is 0 Å². The van der Waals surface area contributed by atoms with Gasteiger partial charge in [0.15, 0.2) is 0 Å². The highest BCUT2D eigenvalue weighted by Crippen LogP contribution is 2.39. The van der Waals surface area contributed by atoms with Crippen LogP contribution in [0.25, 0.3) is 0 Å². The monoisotopic (exact) mass is 377 g/mol. The van der Waals surface area contributed by atoms with E-state index in [0.717, 1.165) is 4.31 Å². The molecule has 0 saturated heterocycles. The Kier molecular flexibility index (Phi) is 3.59. The summed E-state index contributed by atoms with van der Waals surface area (Å²) in [6.07, 6.45) is 1.33. The van der Waals surface area contributed by atoms with Crippen molar-refractivity contribution >= 4 is 33.5 Å². The molecule has 1 aliphatic carbocycles. The maximum atomic E-state index is 12.6. The SMILES string of the molecule is O=C(Oc1ccccc1Cl)c1ccc2c(c1)S(=O)(=O)N(C1CC1)C2=O. The number of nitrogens with zero attached hydrogens (tertiary/aromatic N) is 1. The molecule has 0 aromatic heterocycles. The van der Waals surface area contributed by atoms with Crippen LogP contribution in [0.15, 0.2) is 47.4 Å². The van der Waals surface area contributed by atoms with Crippen LogP contribution in [0.1, 0.15) is 33.6 Å². The predicted molar refractivity (Wildman–Crippen MR) is 89.2 cm³/mol. The Hall–Kier alpha value is -2.38. The zero-order valence-corrected chi connectivity index (χ0v) is 14.4. The van der Waals surface area contributed by atoms with Crippen LogP contribution in [-0.2, 0) is 10.0 Å². The Labute approximate surface area is 149 Å². The molecule has 2 aliphatic rings. The second-order valence-electron chi connectivity index (χ2n) is 5.87. The van der Waals surface area contributed by atoms with Crippen molar-refractivity contribution in [2.45, 2.75) is 23.8 Å². The molecule has 1 amide bonds. The van der Waals surface area contributed by atoms with Gasteiger partial charge in [0.2, 0.25) is 0 Å². The van der Waals surface area contributed by atoms with Crippen LogP contribution >= 0.6 is 11.6 Å². The average Bonchev–Trinajstić information content (AvgIpc) is 3.38. The summed E-state index contributed by atoms with van der Waals surface area (Å²) in [6, 6.07) is 10.1. The van der Waals surface area contributed by atoms with E-state index in [0.29, 0.717) is 12.8 Å². The fourth-order valence-electron chi connectivity index (χ4n) is 2.73. The van der Waals surface area contributed by atoms with Gasteiger partial charge in [0.05, 0.1) is 16.1 Å². The first-order valence-electron chi connectivity index (χ1n) is 7.59. The predicted octanol–water partition coefficient (Wildman–Crippen LogP) is 2.87. The van der Waals surface area contributed by atoms with Gasteiger partial charge in [-0.05, 0) is 43.2 Å². The number of fused-ring (bicyclic) bond motifs is 1. The van der Waals surface area contributed by atoms with E-state index in [2.05, 4.69) is 0 Å². The van der Waals surface area contributed by atoms with Crippen molar-refractivity contribution in [2.75, 3.05) is 0 Å². The molecule has 0 N–H and O–H groups in total. The summed E-state index contributed by atoms with van der Waals surface area (Å²) in [5.41, 5.74) is 0.119. The Morgan fingerprint density at radius 2 is 1.88 bits per heavy atom. The lowest BCUT2D eigenvalue weighted by atomic mass is 10.1. The highest BCUT2D eigenvalue weighted by Gasteiger charge is 2.48. The van der Waals surface area contributed by atoms with Crippen molar-refractivity contribution < 1.29 is 22.7 Å². The molecule has 6 nitrogen and oxygen atoms in total. The van der Waals surface area contributed by atoms with Crippen molar-refractivity contribution in [3.63, 3.8) is 0 Å². The Morgan fingerprint density at radius 3 is 2.56 bits per heavy atom. The number of ether oxygens (including phenoxy) is 1. The molecular formula is C17H12ClNO5S. The van der Waals surface area contributed by atoms with Gasteiger partial charge in [-0.25, -0.2) is 17.5 Å². The van der Waals surface area contributed by atoms with E-state index < -0.39 is 21.9 Å².